The number of nitrogens with zero attached hydrogens (tertiary/aromatic N) is 4. The fourth-order valence-electron chi connectivity index (χ4n) is 4.56. The van der Waals surface area contributed by atoms with Crippen LogP contribution in [0.5, 0.6) is 0 Å². The molecule has 0 aliphatic carbocycles. The number of morpholine rings is 1. The van der Waals surface area contributed by atoms with Crippen LogP contribution in [0.1, 0.15) is 24.8 Å². The molecule has 0 unspecified atom stereocenters. The summed E-state index contributed by atoms with van der Waals surface area (Å²) in [5.74, 6) is 0.189. The minimum Gasteiger partial charge on any atom is -0.379 e. The number of nitrogens with two attached hydrogens (primary N) is 1. The van der Waals surface area contributed by atoms with Gasteiger partial charge in [-0.2, -0.15) is 9.40 Å². The van der Waals surface area contributed by atoms with E-state index in [-0.39, 0.29) is 5.91 Å². The molecule has 0 saturated carbocycles. The number of sulfonamides is 1. The maximum atomic E-state index is 13.2. The van der Waals surface area contributed by atoms with E-state index in [1.54, 1.807) is 12.3 Å². The molecule has 0 spiro atoms. The number of hydrogen-bond acceptors (Lipinski definition) is 6. The molecular weight excluding hydrogens is 442 g/mol. The zero-order valence-electron chi connectivity index (χ0n) is 19.1. The van der Waals surface area contributed by atoms with Crippen LogP contribution in [-0.4, -0.2) is 79.2 Å². The molecule has 1 amide bonds. The molecule has 2 aromatic rings. The third kappa shape index (κ3) is 5.81. The van der Waals surface area contributed by atoms with Crippen molar-refractivity contribution in [1.29, 1.82) is 0 Å². The van der Waals surface area contributed by atoms with Gasteiger partial charge >= 0.3 is 0 Å². The highest BCUT2D eigenvalue weighted by Crippen LogP contribution is 2.27. The lowest BCUT2D eigenvalue weighted by molar-refractivity contribution is -0.119. The first-order chi connectivity index (χ1) is 15.8. The lowest BCUT2D eigenvalue weighted by Gasteiger charge is -2.31. The van der Waals surface area contributed by atoms with Crippen molar-refractivity contribution in [2.75, 3.05) is 45.9 Å². The minimum absolute atomic E-state index is 0.213. The van der Waals surface area contributed by atoms with Crippen LogP contribution in [0.2, 0.25) is 0 Å². The molecule has 0 radical (unpaired) electrons. The molecule has 9 nitrogen and oxygen atoms in total. The van der Waals surface area contributed by atoms with Gasteiger partial charge in [0.15, 0.2) is 0 Å². The van der Waals surface area contributed by atoms with Crippen LogP contribution in [0.15, 0.2) is 35.5 Å². The van der Waals surface area contributed by atoms with E-state index in [2.05, 4.69) is 10.00 Å². The predicted molar refractivity (Wildman–Crippen MR) is 125 cm³/mol. The van der Waals surface area contributed by atoms with Gasteiger partial charge in [-0.1, -0.05) is 12.1 Å². The molecule has 4 rings (SSSR count). The van der Waals surface area contributed by atoms with Gasteiger partial charge in [0.25, 0.3) is 0 Å². The standard InChI is InChI=1S/C23H33N5O4S/c1-18-2-3-20(15-22(18)33(30,31)28-10-12-32-13-11-28)21-16-25-27(17-21)9-8-26-6-4-19(5-7-26)14-23(24)29/h2-3,15-17,19H,4-14H2,1H3,(H2,24,29). The Bertz CT molecular complexity index is 1070. The first kappa shape index (κ1) is 23.9. The van der Waals surface area contributed by atoms with Gasteiger partial charge in [0.05, 0.1) is 30.9 Å². The molecule has 2 fully saturated rings. The normalized spacial score (nSPS) is 19.1. The first-order valence-electron chi connectivity index (χ1n) is 11.5. The highest BCUT2D eigenvalue weighted by molar-refractivity contribution is 7.89. The molecule has 180 valence electrons. The van der Waals surface area contributed by atoms with Crippen LogP contribution in [0.4, 0.5) is 0 Å². The minimum atomic E-state index is -3.56. The van der Waals surface area contributed by atoms with Crippen molar-refractivity contribution < 1.29 is 17.9 Å². The lowest BCUT2D eigenvalue weighted by Crippen LogP contribution is -2.40. The Labute approximate surface area is 195 Å². The van der Waals surface area contributed by atoms with Gasteiger partial charge in [0, 0.05) is 37.8 Å². The Morgan fingerprint density at radius 1 is 1.12 bits per heavy atom. The maximum Gasteiger partial charge on any atom is 0.243 e. The summed E-state index contributed by atoms with van der Waals surface area (Å²) in [4.78, 5) is 13.8. The third-order valence-electron chi connectivity index (χ3n) is 6.58. The number of amides is 1. The number of piperidine rings is 1. The zero-order valence-corrected chi connectivity index (χ0v) is 20.0. The number of benzene rings is 1. The predicted octanol–water partition coefficient (Wildman–Crippen LogP) is 1.47. The average Bonchev–Trinajstić information content (AvgIpc) is 3.28. The summed E-state index contributed by atoms with van der Waals surface area (Å²) in [7, 11) is -3.56. The van der Waals surface area contributed by atoms with Gasteiger partial charge in [0.2, 0.25) is 15.9 Å². The second-order valence-electron chi connectivity index (χ2n) is 8.94. The van der Waals surface area contributed by atoms with Crippen molar-refractivity contribution in [2.45, 2.75) is 37.6 Å². The summed E-state index contributed by atoms with van der Waals surface area (Å²) in [5.41, 5.74) is 7.79. The molecule has 2 saturated heterocycles. The number of aromatic nitrogens is 2. The maximum absolute atomic E-state index is 13.2. The van der Waals surface area contributed by atoms with Crippen LogP contribution in [0.25, 0.3) is 11.1 Å². The van der Waals surface area contributed by atoms with Crippen LogP contribution in [-0.2, 0) is 26.1 Å². The van der Waals surface area contributed by atoms with E-state index < -0.39 is 10.0 Å². The highest BCUT2D eigenvalue weighted by Gasteiger charge is 2.28. The Morgan fingerprint density at radius 2 is 1.85 bits per heavy atom. The Hall–Kier alpha value is -2.27. The molecule has 2 aliphatic heterocycles. The zero-order chi connectivity index (χ0) is 23.4. The van der Waals surface area contributed by atoms with Crippen LogP contribution in [0.3, 0.4) is 0 Å². The summed E-state index contributed by atoms with van der Waals surface area (Å²) < 4.78 is 35.1. The summed E-state index contributed by atoms with van der Waals surface area (Å²) >= 11 is 0. The molecule has 1 aromatic carbocycles. The fraction of sp³-hybridized carbons (Fsp3) is 0.565. The van der Waals surface area contributed by atoms with Crippen molar-refractivity contribution in [3.05, 3.63) is 36.2 Å². The Kier molecular flexibility index (Phi) is 7.48. The second kappa shape index (κ2) is 10.3. The van der Waals surface area contributed by atoms with E-state index in [9.17, 15) is 13.2 Å². The van der Waals surface area contributed by atoms with Gasteiger partial charge in [-0.05, 0) is 56.0 Å². The number of ether oxygens (including phenoxy) is 1. The highest BCUT2D eigenvalue weighted by atomic mass is 32.2. The average molecular weight is 476 g/mol. The fourth-order valence-corrected chi connectivity index (χ4v) is 6.22. The number of rotatable bonds is 8. The van der Waals surface area contributed by atoms with Crippen LogP contribution in [0, 0.1) is 12.8 Å². The van der Waals surface area contributed by atoms with E-state index in [4.69, 9.17) is 10.5 Å². The van der Waals surface area contributed by atoms with Gasteiger partial charge in [0.1, 0.15) is 0 Å². The van der Waals surface area contributed by atoms with E-state index in [1.165, 1.54) is 4.31 Å². The van der Waals surface area contributed by atoms with E-state index in [0.717, 1.165) is 55.7 Å². The van der Waals surface area contributed by atoms with Gasteiger partial charge < -0.3 is 15.4 Å². The Morgan fingerprint density at radius 3 is 2.55 bits per heavy atom. The number of carbonyl (C=O) groups is 1. The van der Waals surface area contributed by atoms with Crippen molar-refractivity contribution in [1.82, 2.24) is 19.0 Å². The first-order valence-corrected chi connectivity index (χ1v) is 13.0. The molecule has 10 heteroatoms. The molecular formula is C23H33N5O4S. The van der Waals surface area contributed by atoms with Crippen molar-refractivity contribution in [2.24, 2.45) is 11.7 Å². The summed E-state index contributed by atoms with van der Waals surface area (Å²) in [5, 5.41) is 4.49. The summed E-state index contributed by atoms with van der Waals surface area (Å²) in [6.07, 6.45) is 6.23. The topological polar surface area (TPSA) is 111 Å². The molecule has 2 N–H and O–H groups in total. The molecule has 3 heterocycles. The molecule has 0 bridgehead atoms. The van der Waals surface area contributed by atoms with Crippen LogP contribution < -0.4 is 5.73 Å². The molecule has 2 aliphatic rings. The largest absolute Gasteiger partial charge is 0.379 e. The molecule has 1 aromatic heterocycles. The summed E-state index contributed by atoms with van der Waals surface area (Å²) in [6, 6.07) is 5.56. The van der Waals surface area contributed by atoms with Gasteiger partial charge in [-0.15, -0.1) is 0 Å². The SMILES string of the molecule is Cc1ccc(-c2cnn(CCN3CCC(CC(N)=O)CC3)c2)cc1S(=O)(=O)N1CCOCC1. The van der Waals surface area contributed by atoms with Gasteiger partial charge in [-0.3, -0.25) is 9.48 Å². The monoisotopic (exact) mass is 475 g/mol. The quantitative estimate of drug-likeness (QED) is 0.619. The van der Waals surface area contributed by atoms with Crippen molar-refractivity contribution in [3.8, 4) is 11.1 Å². The summed E-state index contributed by atoms with van der Waals surface area (Å²) in [6.45, 7) is 7.00. The smallest absolute Gasteiger partial charge is 0.243 e. The number of likely N-dealkylation sites (tertiary alicyclic amines) is 1. The van der Waals surface area contributed by atoms with Crippen molar-refractivity contribution in [3.63, 3.8) is 0 Å². The molecule has 33 heavy (non-hydrogen) atoms. The van der Waals surface area contributed by atoms with Crippen molar-refractivity contribution >= 4 is 15.9 Å². The number of aryl methyl sites for hydroxylation is 1. The number of primary amides is 1. The van der Waals surface area contributed by atoms with E-state index >= 15 is 0 Å². The van der Waals surface area contributed by atoms with Gasteiger partial charge in [-0.25, -0.2) is 8.42 Å². The second-order valence-corrected chi connectivity index (χ2v) is 10.9. The number of carbonyl (C=O) groups excluding carboxylic acids is 1. The lowest BCUT2D eigenvalue weighted by atomic mass is 9.93. The number of hydrogen-bond donors (Lipinski definition) is 1. The third-order valence-corrected chi connectivity index (χ3v) is 8.63. The van der Waals surface area contributed by atoms with Crippen LogP contribution >= 0.6 is 0 Å². The van der Waals surface area contributed by atoms with E-state index in [0.29, 0.717) is 43.5 Å². The Balaban J connectivity index is 1.39. The molecule has 0 atom stereocenters. The van der Waals surface area contributed by atoms with E-state index in [1.807, 2.05) is 29.9 Å².